The van der Waals surface area contributed by atoms with Crippen LogP contribution < -0.4 is 0 Å². The summed E-state index contributed by atoms with van der Waals surface area (Å²) in [6.07, 6.45) is -0.0647. The Morgan fingerprint density at radius 2 is 1.63 bits per heavy atom. The van der Waals surface area contributed by atoms with E-state index in [1.54, 1.807) is 24.3 Å². The average molecular weight is 363 g/mol. The van der Waals surface area contributed by atoms with Crippen molar-refractivity contribution < 1.29 is 23.5 Å². The number of aryl methyl sites for hydroxylation is 1. The van der Waals surface area contributed by atoms with E-state index in [1.807, 2.05) is 31.2 Å². The van der Waals surface area contributed by atoms with Crippen LogP contribution in [-0.2, 0) is 16.1 Å². The maximum atomic E-state index is 12.3. The van der Waals surface area contributed by atoms with Gasteiger partial charge in [-0.15, -0.1) is 0 Å². The molecule has 0 fully saturated rings. The van der Waals surface area contributed by atoms with E-state index in [-0.39, 0.29) is 31.4 Å². The molecule has 0 radical (unpaired) electrons. The maximum Gasteiger partial charge on any atom is 0.308 e. The number of furan rings is 1. The van der Waals surface area contributed by atoms with Gasteiger partial charge in [0.2, 0.25) is 0 Å². The number of amides is 2. The lowest BCUT2D eigenvalue weighted by molar-refractivity contribution is -0.145. The molecule has 6 nitrogen and oxygen atoms in total. The van der Waals surface area contributed by atoms with Gasteiger partial charge in [0.05, 0.1) is 17.5 Å². The summed E-state index contributed by atoms with van der Waals surface area (Å²) in [6, 6.07) is 14.2. The standard InChI is InChI=1S/C21H17NO5/c1-13-14-6-4-5-9-17(14)27-18(13)12-26-19(23)10-11-22-20(24)15-7-2-3-8-16(15)21(22)25/h2-9H,10-12H2,1H3. The van der Waals surface area contributed by atoms with Crippen LogP contribution in [0.15, 0.2) is 52.9 Å². The van der Waals surface area contributed by atoms with E-state index in [2.05, 4.69) is 0 Å². The number of nitrogens with zero attached hydrogens (tertiary/aromatic N) is 1. The summed E-state index contributed by atoms with van der Waals surface area (Å²) in [6.45, 7) is 1.92. The SMILES string of the molecule is Cc1c(COC(=O)CCN2C(=O)c3ccccc3C2=O)oc2ccccc12. The summed E-state index contributed by atoms with van der Waals surface area (Å²) in [4.78, 5) is 37.7. The third-order valence-corrected chi connectivity index (χ3v) is 4.72. The number of rotatable bonds is 5. The van der Waals surface area contributed by atoms with Crippen molar-refractivity contribution >= 4 is 28.8 Å². The quantitative estimate of drug-likeness (QED) is 0.512. The number of hydrogen-bond acceptors (Lipinski definition) is 5. The summed E-state index contributed by atoms with van der Waals surface area (Å²) >= 11 is 0. The van der Waals surface area contributed by atoms with Crippen LogP contribution in [0.3, 0.4) is 0 Å². The fraction of sp³-hybridized carbons (Fsp3) is 0.190. The number of fused-ring (bicyclic) bond motifs is 2. The van der Waals surface area contributed by atoms with Crippen LogP contribution in [0.25, 0.3) is 11.0 Å². The highest BCUT2D eigenvalue weighted by atomic mass is 16.5. The lowest BCUT2D eigenvalue weighted by Gasteiger charge is -2.13. The van der Waals surface area contributed by atoms with Crippen molar-refractivity contribution in [2.24, 2.45) is 0 Å². The number of carbonyl (C=O) groups excluding carboxylic acids is 3. The van der Waals surface area contributed by atoms with Crippen molar-refractivity contribution in [2.45, 2.75) is 20.0 Å². The Morgan fingerprint density at radius 3 is 2.30 bits per heavy atom. The van der Waals surface area contributed by atoms with Crippen LogP contribution in [0.4, 0.5) is 0 Å². The van der Waals surface area contributed by atoms with Crippen molar-refractivity contribution in [3.8, 4) is 0 Å². The number of para-hydroxylation sites is 1. The van der Waals surface area contributed by atoms with Gasteiger partial charge in [0, 0.05) is 17.5 Å². The third-order valence-electron chi connectivity index (χ3n) is 4.72. The van der Waals surface area contributed by atoms with Gasteiger partial charge in [-0.05, 0) is 25.1 Å². The van der Waals surface area contributed by atoms with Gasteiger partial charge in [0.15, 0.2) is 0 Å². The molecule has 136 valence electrons. The van der Waals surface area contributed by atoms with Gasteiger partial charge in [0.1, 0.15) is 18.0 Å². The zero-order valence-corrected chi connectivity index (χ0v) is 14.7. The second kappa shape index (κ2) is 6.72. The highest BCUT2D eigenvalue weighted by Crippen LogP contribution is 2.26. The predicted octanol–water partition coefficient (Wildman–Crippen LogP) is 3.47. The van der Waals surface area contributed by atoms with Crippen molar-refractivity contribution in [1.82, 2.24) is 4.90 Å². The average Bonchev–Trinajstić information content (AvgIpc) is 3.14. The van der Waals surface area contributed by atoms with Crippen molar-refractivity contribution in [1.29, 1.82) is 0 Å². The summed E-state index contributed by atoms with van der Waals surface area (Å²) < 4.78 is 11.0. The lowest BCUT2D eigenvalue weighted by Crippen LogP contribution is -2.32. The smallest absolute Gasteiger partial charge is 0.308 e. The number of esters is 1. The Labute approximate surface area is 155 Å². The minimum atomic E-state index is -0.494. The molecule has 0 N–H and O–H groups in total. The zero-order chi connectivity index (χ0) is 19.0. The molecule has 2 amide bonds. The van der Waals surface area contributed by atoms with Gasteiger partial charge < -0.3 is 9.15 Å². The molecule has 0 spiro atoms. The molecular formula is C21H17NO5. The molecule has 6 heteroatoms. The fourth-order valence-corrected chi connectivity index (χ4v) is 3.23. The van der Waals surface area contributed by atoms with Gasteiger partial charge in [-0.2, -0.15) is 0 Å². The number of hydrogen-bond donors (Lipinski definition) is 0. The van der Waals surface area contributed by atoms with Crippen LogP contribution in [0.5, 0.6) is 0 Å². The molecule has 3 aromatic rings. The number of imide groups is 1. The van der Waals surface area contributed by atoms with Crippen LogP contribution in [0, 0.1) is 6.92 Å². The highest BCUT2D eigenvalue weighted by Gasteiger charge is 2.35. The summed E-state index contributed by atoms with van der Waals surface area (Å²) in [5.74, 6) is -0.662. The first-order chi connectivity index (χ1) is 13.1. The van der Waals surface area contributed by atoms with Gasteiger partial charge in [-0.1, -0.05) is 30.3 Å². The van der Waals surface area contributed by atoms with Gasteiger partial charge in [-0.25, -0.2) is 0 Å². The molecule has 0 aliphatic carbocycles. The van der Waals surface area contributed by atoms with E-state index in [4.69, 9.17) is 9.15 Å². The molecule has 0 atom stereocenters. The Kier molecular flexibility index (Phi) is 4.24. The van der Waals surface area contributed by atoms with E-state index in [9.17, 15) is 14.4 Å². The van der Waals surface area contributed by atoms with E-state index < -0.39 is 5.97 Å². The molecule has 1 aliphatic rings. The van der Waals surface area contributed by atoms with E-state index in [0.717, 1.165) is 21.4 Å². The normalized spacial score (nSPS) is 13.3. The van der Waals surface area contributed by atoms with Crippen molar-refractivity contribution in [3.05, 3.63) is 71.0 Å². The molecule has 2 heterocycles. The molecule has 0 bridgehead atoms. The van der Waals surface area contributed by atoms with Crippen LogP contribution in [0.2, 0.25) is 0 Å². The molecule has 27 heavy (non-hydrogen) atoms. The largest absolute Gasteiger partial charge is 0.457 e. The first-order valence-corrected chi connectivity index (χ1v) is 8.64. The lowest BCUT2D eigenvalue weighted by atomic mass is 10.1. The molecule has 2 aromatic carbocycles. The summed E-state index contributed by atoms with van der Waals surface area (Å²) in [7, 11) is 0. The molecule has 0 saturated heterocycles. The number of ether oxygens (including phenoxy) is 1. The zero-order valence-electron chi connectivity index (χ0n) is 14.7. The predicted molar refractivity (Wildman–Crippen MR) is 97.2 cm³/mol. The Bertz CT molecular complexity index is 1030. The maximum absolute atomic E-state index is 12.3. The van der Waals surface area contributed by atoms with E-state index in [1.165, 1.54) is 0 Å². The van der Waals surface area contributed by atoms with Gasteiger partial charge in [-0.3, -0.25) is 19.3 Å². The van der Waals surface area contributed by atoms with Crippen molar-refractivity contribution in [2.75, 3.05) is 6.54 Å². The second-order valence-corrected chi connectivity index (χ2v) is 6.36. The summed E-state index contributed by atoms with van der Waals surface area (Å²) in [5, 5.41) is 0.981. The highest BCUT2D eigenvalue weighted by molar-refractivity contribution is 6.21. The van der Waals surface area contributed by atoms with Crippen molar-refractivity contribution in [3.63, 3.8) is 0 Å². The molecule has 1 aromatic heterocycles. The van der Waals surface area contributed by atoms with Crippen LogP contribution in [0.1, 0.15) is 38.5 Å². The summed E-state index contributed by atoms with van der Waals surface area (Å²) in [5.41, 5.74) is 2.41. The first kappa shape index (κ1) is 17.0. The molecular weight excluding hydrogens is 346 g/mol. The molecule has 0 saturated carbocycles. The number of carbonyl (C=O) groups is 3. The topological polar surface area (TPSA) is 76.8 Å². The van der Waals surface area contributed by atoms with Crippen LogP contribution in [-0.4, -0.2) is 29.2 Å². The Hall–Kier alpha value is -3.41. The van der Waals surface area contributed by atoms with Crippen LogP contribution >= 0.6 is 0 Å². The minimum Gasteiger partial charge on any atom is -0.457 e. The second-order valence-electron chi connectivity index (χ2n) is 6.36. The first-order valence-electron chi connectivity index (χ1n) is 8.64. The Balaban J connectivity index is 1.36. The number of benzene rings is 2. The van der Waals surface area contributed by atoms with Gasteiger partial charge in [0.25, 0.3) is 11.8 Å². The Morgan fingerprint density at radius 1 is 1.00 bits per heavy atom. The fourth-order valence-electron chi connectivity index (χ4n) is 3.23. The third kappa shape index (κ3) is 2.99. The minimum absolute atomic E-state index is 0.00963. The van der Waals surface area contributed by atoms with E-state index >= 15 is 0 Å². The monoisotopic (exact) mass is 363 g/mol. The molecule has 1 aliphatic heterocycles. The van der Waals surface area contributed by atoms with Gasteiger partial charge >= 0.3 is 5.97 Å². The molecule has 4 rings (SSSR count). The molecule has 0 unspecified atom stereocenters. The van der Waals surface area contributed by atoms with E-state index in [0.29, 0.717) is 16.9 Å².